The van der Waals surface area contributed by atoms with E-state index >= 15 is 0 Å². The van der Waals surface area contributed by atoms with E-state index < -0.39 is 11.9 Å². The van der Waals surface area contributed by atoms with E-state index in [0.29, 0.717) is 13.0 Å². The Kier molecular flexibility index (Phi) is 13.1. The Labute approximate surface area is 170 Å². The maximum atomic E-state index is 12.4. The molecule has 0 fully saturated rings. The van der Waals surface area contributed by atoms with E-state index in [1.165, 1.54) is 44.9 Å². The Morgan fingerprint density at radius 3 is 2.00 bits per heavy atom. The third kappa shape index (κ3) is 9.38. The van der Waals surface area contributed by atoms with Gasteiger partial charge in [0.2, 0.25) is 0 Å². The van der Waals surface area contributed by atoms with Gasteiger partial charge in [-0.25, -0.2) is 9.59 Å². The van der Waals surface area contributed by atoms with Crippen molar-refractivity contribution in [1.29, 1.82) is 0 Å². The zero-order valence-electron chi connectivity index (χ0n) is 17.8. The van der Waals surface area contributed by atoms with Crippen LogP contribution in [0.2, 0.25) is 0 Å². The number of aryl methyl sites for hydroxylation is 1. The Morgan fingerprint density at radius 2 is 1.39 bits per heavy atom. The highest BCUT2D eigenvalue weighted by Crippen LogP contribution is 2.20. The summed E-state index contributed by atoms with van der Waals surface area (Å²) >= 11 is 0. The van der Waals surface area contributed by atoms with Gasteiger partial charge in [0.15, 0.2) is 0 Å². The standard InChI is InChI=1S/C24H38O4/c1-3-5-7-9-10-11-13-16-20-17-15-18-21(22(20)23(25)26)24(27)28-19-14-12-8-6-4-2/h15,17-18H,3-14,16,19H2,1-2H3,(H,25,26). The van der Waals surface area contributed by atoms with Crippen LogP contribution in [0.1, 0.15) is 117 Å². The number of ether oxygens (including phenoxy) is 1. The lowest BCUT2D eigenvalue weighted by Crippen LogP contribution is -2.15. The Bertz CT molecular complexity index is 580. The first-order valence-electron chi connectivity index (χ1n) is 11.1. The SMILES string of the molecule is CCCCCCCCCc1cccc(C(=O)OCCCCCCC)c1C(=O)O. The first-order valence-corrected chi connectivity index (χ1v) is 11.1. The van der Waals surface area contributed by atoms with Gasteiger partial charge in [-0.05, 0) is 30.9 Å². The number of carbonyl (C=O) groups excluding carboxylic acids is 1. The van der Waals surface area contributed by atoms with Gasteiger partial charge in [-0.2, -0.15) is 0 Å². The van der Waals surface area contributed by atoms with E-state index in [9.17, 15) is 14.7 Å². The van der Waals surface area contributed by atoms with Gasteiger partial charge in [0.05, 0.1) is 17.7 Å². The van der Waals surface area contributed by atoms with Crippen LogP contribution in [0.5, 0.6) is 0 Å². The van der Waals surface area contributed by atoms with Crippen molar-refractivity contribution in [1.82, 2.24) is 0 Å². The monoisotopic (exact) mass is 390 g/mol. The molecule has 1 aromatic carbocycles. The molecule has 158 valence electrons. The van der Waals surface area contributed by atoms with Crippen LogP contribution in [-0.2, 0) is 11.2 Å². The van der Waals surface area contributed by atoms with Gasteiger partial charge in [0, 0.05) is 0 Å². The van der Waals surface area contributed by atoms with E-state index in [4.69, 9.17) is 4.74 Å². The average molecular weight is 391 g/mol. The Hall–Kier alpha value is -1.84. The molecule has 0 aliphatic carbocycles. The lowest BCUT2D eigenvalue weighted by Gasteiger charge is -2.12. The molecule has 4 nitrogen and oxygen atoms in total. The van der Waals surface area contributed by atoms with Crippen LogP contribution in [-0.4, -0.2) is 23.7 Å². The highest BCUT2D eigenvalue weighted by atomic mass is 16.5. The molecule has 0 radical (unpaired) electrons. The molecule has 1 N–H and O–H groups in total. The van der Waals surface area contributed by atoms with E-state index in [1.807, 2.05) is 6.07 Å². The maximum absolute atomic E-state index is 12.4. The number of esters is 1. The zero-order valence-corrected chi connectivity index (χ0v) is 17.8. The molecule has 0 aliphatic heterocycles. The molecule has 0 bridgehead atoms. The average Bonchev–Trinajstić information content (AvgIpc) is 2.69. The van der Waals surface area contributed by atoms with Gasteiger partial charge < -0.3 is 9.84 Å². The van der Waals surface area contributed by atoms with Crippen LogP contribution in [0.25, 0.3) is 0 Å². The molecule has 0 atom stereocenters. The number of hydrogen-bond donors (Lipinski definition) is 1. The van der Waals surface area contributed by atoms with Crippen molar-refractivity contribution in [2.24, 2.45) is 0 Å². The fourth-order valence-electron chi connectivity index (χ4n) is 3.45. The summed E-state index contributed by atoms with van der Waals surface area (Å²) in [6.07, 6.45) is 14.3. The lowest BCUT2D eigenvalue weighted by atomic mass is 9.96. The second-order valence-electron chi connectivity index (χ2n) is 7.57. The number of carboxylic acids is 1. The number of carboxylic acid groups (broad SMARTS) is 1. The first-order chi connectivity index (χ1) is 13.6. The van der Waals surface area contributed by atoms with Crippen LogP contribution >= 0.6 is 0 Å². The molecule has 0 spiro atoms. The molecule has 0 saturated carbocycles. The molecule has 0 heterocycles. The number of carbonyl (C=O) groups is 2. The minimum absolute atomic E-state index is 0.115. The highest BCUT2D eigenvalue weighted by Gasteiger charge is 2.21. The van der Waals surface area contributed by atoms with Gasteiger partial charge in [0.25, 0.3) is 0 Å². The summed E-state index contributed by atoms with van der Waals surface area (Å²) in [4.78, 5) is 24.2. The molecule has 0 amide bonds. The van der Waals surface area contributed by atoms with Crippen molar-refractivity contribution in [3.8, 4) is 0 Å². The van der Waals surface area contributed by atoms with Crippen LogP contribution in [0.3, 0.4) is 0 Å². The smallest absolute Gasteiger partial charge is 0.339 e. The van der Waals surface area contributed by atoms with Crippen LogP contribution < -0.4 is 0 Å². The summed E-state index contributed by atoms with van der Waals surface area (Å²) in [5, 5.41) is 9.66. The summed E-state index contributed by atoms with van der Waals surface area (Å²) in [6.45, 7) is 4.72. The highest BCUT2D eigenvalue weighted by molar-refractivity contribution is 6.03. The predicted molar refractivity (Wildman–Crippen MR) is 114 cm³/mol. The number of rotatable bonds is 16. The Morgan fingerprint density at radius 1 is 0.821 bits per heavy atom. The van der Waals surface area contributed by atoms with E-state index in [2.05, 4.69) is 13.8 Å². The normalized spacial score (nSPS) is 10.8. The lowest BCUT2D eigenvalue weighted by molar-refractivity contribution is 0.0487. The molecule has 1 rings (SSSR count). The third-order valence-corrected chi connectivity index (χ3v) is 5.12. The summed E-state index contributed by atoms with van der Waals surface area (Å²) < 4.78 is 5.33. The molecule has 0 saturated heterocycles. The molecular formula is C24H38O4. The van der Waals surface area contributed by atoms with Crippen molar-refractivity contribution in [2.45, 2.75) is 97.3 Å². The van der Waals surface area contributed by atoms with Gasteiger partial charge in [-0.3, -0.25) is 0 Å². The third-order valence-electron chi connectivity index (χ3n) is 5.12. The van der Waals surface area contributed by atoms with Crippen molar-refractivity contribution >= 4 is 11.9 Å². The summed E-state index contributed by atoms with van der Waals surface area (Å²) in [7, 11) is 0. The van der Waals surface area contributed by atoms with Gasteiger partial charge >= 0.3 is 11.9 Å². The first kappa shape index (κ1) is 24.2. The molecule has 0 aliphatic rings. The number of benzene rings is 1. The van der Waals surface area contributed by atoms with Crippen molar-refractivity contribution < 1.29 is 19.4 Å². The molecule has 0 aromatic heterocycles. The number of unbranched alkanes of at least 4 members (excludes halogenated alkanes) is 10. The predicted octanol–water partition coefficient (Wildman–Crippen LogP) is 6.81. The molecule has 0 unspecified atom stereocenters. The van der Waals surface area contributed by atoms with Crippen LogP contribution in [0.15, 0.2) is 18.2 Å². The molecule has 4 heteroatoms. The number of hydrogen-bond acceptors (Lipinski definition) is 3. The van der Waals surface area contributed by atoms with Crippen LogP contribution in [0, 0.1) is 0 Å². The van der Waals surface area contributed by atoms with Crippen molar-refractivity contribution in [3.63, 3.8) is 0 Å². The quantitative estimate of drug-likeness (QED) is 0.249. The summed E-state index contributed by atoms with van der Waals surface area (Å²) in [5.74, 6) is -1.57. The van der Waals surface area contributed by atoms with E-state index in [-0.39, 0.29) is 11.1 Å². The molecule has 1 aromatic rings. The van der Waals surface area contributed by atoms with Crippen molar-refractivity contribution in [3.05, 3.63) is 34.9 Å². The van der Waals surface area contributed by atoms with Crippen LogP contribution in [0.4, 0.5) is 0 Å². The second-order valence-corrected chi connectivity index (χ2v) is 7.57. The minimum Gasteiger partial charge on any atom is -0.478 e. The van der Waals surface area contributed by atoms with Gasteiger partial charge in [-0.1, -0.05) is 90.2 Å². The van der Waals surface area contributed by atoms with Gasteiger partial charge in [0.1, 0.15) is 0 Å². The number of aromatic carboxylic acids is 1. The summed E-state index contributed by atoms with van der Waals surface area (Å²) in [6, 6.07) is 5.15. The zero-order chi connectivity index (χ0) is 20.6. The maximum Gasteiger partial charge on any atom is 0.339 e. The van der Waals surface area contributed by atoms with E-state index in [1.54, 1.807) is 12.1 Å². The second kappa shape index (κ2) is 15.1. The summed E-state index contributed by atoms with van der Waals surface area (Å²) in [5.41, 5.74) is 1.03. The fraction of sp³-hybridized carbons (Fsp3) is 0.667. The van der Waals surface area contributed by atoms with Crippen molar-refractivity contribution in [2.75, 3.05) is 6.61 Å². The van der Waals surface area contributed by atoms with E-state index in [0.717, 1.165) is 37.7 Å². The molecular weight excluding hydrogens is 352 g/mol. The van der Waals surface area contributed by atoms with Gasteiger partial charge in [-0.15, -0.1) is 0 Å². The fourth-order valence-corrected chi connectivity index (χ4v) is 3.45. The minimum atomic E-state index is -1.05. The topological polar surface area (TPSA) is 63.6 Å². The Balaban J connectivity index is 2.56. The largest absolute Gasteiger partial charge is 0.478 e. The molecule has 28 heavy (non-hydrogen) atoms.